The van der Waals surface area contributed by atoms with E-state index in [1.54, 1.807) is 18.2 Å². The molecule has 0 amide bonds. The molecular weight excluding hydrogens is 344 g/mol. The van der Waals surface area contributed by atoms with Crippen molar-refractivity contribution in [3.05, 3.63) is 64.2 Å². The topological polar surface area (TPSA) is 50.4 Å². The van der Waals surface area contributed by atoms with Gasteiger partial charge in [-0.15, -0.1) is 0 Å². The normalized spacial score (nSPS) is 11.5. The first-order chi connectivity index (χ1) is 11.4. The standard InChI is InChI=1S/C18H19ClN2O2S/c1-11-4-6-13(7-5-11)12(2)20-18(24)21-16-10-14(17(22)23-3)8-9-15(16)19/h4-10,12H,1-3H3,(H2,20,21,24). The van der Waals surface area contributed by atoms with Gasteiger partial charge in [-0.05, 0) is 49.8 Å². The summed E-state index contributed by atoms with van der Waals surface area (Å²) in [7, 11) is 1.33. The number of thiocarbonyl (C=S) groups is 1. The van der Waals surface area contributed by atoms with E-state index >= 15 is 0 Å². The molecule has 0 heterocycles. The van der Waals surface area contributed by atoms with Crippen LogP contribution in [-0.2, 0) is 4.74 Å². The number of methoxy groups -OCH3 is 1. The molecule has 2 aromatic carbocycles. The molecule has 0 aliphatic carbocycles. The summed E-state index contributed by atoms with van der Waals surface area (Å²) < 4.78 is 4.71. The first-order valence-electron chi connectivity index (χ1n) is 7.42. The van der Waals surface area contributed by atoms with Crippen LogP contribution in [0.2, 0.25) is 5.02 Å². The van der Waals surface area contributed by atoms with E-state index in [1.165, 1.54) is 12.7 Å². The van der Waals surface area contributed by atoms with Gasteiger partial charge < -0.3 is 15.4 Å². The average Bonchev–Trinajstić information content (AvgIpc) is 2.56. The number of benzene rings is 2. The van der Waals surface area contributed by atoms with Crippen LogP contribution in [0.4, 0.5) is 5.69 Å². The maximum absolute atomic E-state index is 11.6. The van der Waals surface area contributed by atoms with Crippen LogP contribution in [0, 0.1) is 6.92 Å². The summed E-state index contributed by atoms with van der Waals surface area (Å²) in [6.45, 7) is 4.06. The summed E-state index contributed by atoms with van der Waals surface area (Å²) in [6.07, 6.45) is 0. The van der Waals surface area contributed by atoms with Crippen molar-refractivity contribution in [2.45, 2.75) is 19.9 Å². The zero-order valence-corrected chi connectivity index (χ0v) is 15.3. The third-order valence-corrected chi connectivity index (χ3v) is 4.11. The lowest BCUT2D eigenvalue weighted by atomic mass is 10.1. The van der Waals surface area contributed by atoms with Gasteiger partial charge in [-0.2, -0.15) is 0 Å². The lowest BCUT2D eigenvalue weighted by Crippen LogP contribution is -2.31. The fraction of sp³-hybridized carbons (Fsp3) is 0.222. The molecule has 0 aromatic heterocycles. The second kappa shape index (κ2) is 8.13. The summed E-state index contributed by atoms with van der Waals surface area (Å²) >= 11 is 11.5. The van der Waals surface area contributed by atoms with Crippen molar-refractivity contribution >= 4 is 40.6 Å². The maximum Gasteiger partial charge on any atom is 0.337 e. The lowest BCUT2D eigenvalue weighted by molar-refractivity contribution is 0.0601. The van der Waals surface area contributed by atoms with E-state index in [9.17, 15) is 4.79 Å². The summed E-state index contributed by atoms with van der Waals surface area (Å²) in [5, 5.41) is 7.11. The van der Waals surface area contributed by atoms with Gasteiger partial charge in [0.05, 0.1) is 29.4 Å². The van der Waals surface area contributed by atoms with Crippen LogP contribution in [0.1, 0.15) is 34.5 Å². The summed E-state index contributed by atoms with van der Waals surface area (Å²) in [5.41, 5.74) is 3.28. The zero-order chi connectivity index (χ0) is 17.7. The molecule has 1 unspecified atom stereocenters. The molecule has 0 saturated carbocycles. The van der Waals surface area contributed by atoms with Crippen LogP contribution in [0.15, 0.2) is 42.5 Å². The molecule has 4 nitrogen and oxygen atoms in total. The summed E-state index contributed by atoms with van der Waals surface area (Å²) in [6, 6.07) is 13.1. The van der Waals surface area contributed by atoms with Crippen molar-refractivity contribution in [2.75, 3.05) is 12.4 Å². The highest BCUT2D eigenvalue weighted by Crippen LogP contribution is 2.24. The van der Waals surface area contributed by atoms with Gasteiger partial charge in [0.25, 0.3) is 0 Å². The van der Waals surface area contributed by atoms with E-state index in [4.69, 9.17) is 28.6 Å². The van der Waals surface area contributed by atoms with E-state index in [0.717, 1.165) is 5.56 Å². The number of nitrogens with one attached hydrogen (secondary N) is 2. The van der Waals surface area contributed by atoms with Crippen LogP contribution in [0.5, 0.6) is 0 Å². The summed E-state index contributed by atoms with van der Waals surface area (Å²) in [5.74, 6) is -0.429. The number of ether oxygens (including phenoxy) is 1. The number of carbonyl (C=O) groups excluding carboxylic acids is 1. The minimum absolute atomic E-state index is 0.0353. The monoisotopic (exact) mass is 362 g/mol. The molecule has 0 saturated heterocycles. The Balaban J connectivity index is 2.06. The molecule has 0 radical (unpaired) electrons. The largest absolute Gasteiger partial charge is 0.465 e. The van der Waals surface area contributed by atoms with E-state index in [2.05, 4.69) is 34.9 Å². The van der Waals surface area contributed by atoms with Gasteiger partial charge in [0.2, 0.25) is 0 Å². The van der Waals surface area contributed by atoms with Crippen LogP contribution in [-0.4, -0.2) is 18.2 Å². The summed E-state index contributed by atoms with van der Waals surface area (Å²) in [4.78, 5) is 11.6. The fourth-order valence-electron chi connectivity index (χ4n) is 2.16. The predicted octanol–water partition coefficient (Wildman–Crippen LogP) is 4.48. The van der Waals surface area contributed by atoms with Gasteiger partial charge in [0.15, 0.2) is 5.11 Å². The lowest BCUT2D eigenvalue weighted by Gasteiger charge is -2.18. The van der Waals surface area contributed by atoms with E-state index in [1.807, 2.05) is 13.8 Å². The van der Waals surface area contributed by atoms with E-state index < -0.39 is 5.97 Å². The number of rotatable bonds is 4. The Morgan fingerprint density at radius 2 is 1.88 bits per heavy atom. The molecule has 2 rings (SSSR count). The number of hydrogen-bond acceptors (Lipinski definition) is 3. The van der Waals surface area contributed by atoms with Gasteiger partial charge in [-0.3, -0.25) is 0 Å². The van der Waals surface area contributed by atoms with Crippen molar-refractivity contribution in [1.82, 2.24) is 5.32 Å². The average molecular weight is 363 g/mol. The predicted molar refractivity (Wildman–Crippen MR) is 102 cm³/mol. The third-order valence-electron chi connectivity index (χ3n) is 3.56. The smallest absolute Gasteiger partial charge is 0.337 e. The first kappa shape index (κ1) is 18.2. The second-order valence-electron chi connectivity index (χ2n) is 5.42. The van der Waals surface area contributed by atoms with E-state index in [0.29, 0.717) is 21.4 Å². The fourth-order valence-corrected chi connectivity index (χ4v) is 2.61. The minimum Gasteiger partial charge on any atom is -0.465 e. The van der Waals surface area contributed by atoms with Crippen molar-refractivity contribution in [3.8, 4) is 0 Å². The quantitative estimate of drug-likeness (QED) is 0.620. The molecule has 0 spiro atoms. The highest BCUT2D eigenvalue weighted by molar-refractivity contribution is 7.80. The third kappa shape index (κ3) is 4.69. The Labute approximate surface area is 152 Å². The number of hydrogen-bond donors (Lipinski definition) is 2. The van der Waals surface area contributed by atoms with E-state index in [-0.39, 0.29) is 6.04 Å². The van der Waals surface area contributed by atoms with Crippen molar-refractivity contribution < 1.29 is 9.53 Å². The van der Waals surface area contributed by atoms with Crippen LogP contribution in [0.25, 0.3) is 0 Å². The highest BCUT2D eigenvalue weighted by Gasteiger charge is 2.11. The number of anilines is 1. The first-order valence-corrected chi connectivity index (χ1v) is 8.21. The van der Waals surface area contributed by atoms with Crippen LogP contribution < -0.4 is 10.6 Å². The van der Waals surface area contributed by atoms with Gasteiger partial charge >= 0.3 is 5.97 Å². The number of carbonyl (C=O) groups is 1. The Morgan fingerprint density at radius 3 is 2.50 bits per heavy atom. The number of halogens is 1. The molecule has 2 aromatic rings. The molecule has 2 N–H and O–H groups in total. The van der Waals surface area contributed by atoms with Gasteiger partial charge in [-0.25, -0.2) is 4.79 Å². The molecule has 0 aliphatic heterocycles. The van der Waals surface area contributed by atoms with Gasteiger partial charge in [0.1, 0.15) is 0 Å². The molecule has 126 valence electrons. The number of esters is 1. The molecule has 24 heavy (non-hydrogen) atoms. The SMILES string of the molecule is COC(=O)c1ccc(Cl)c(NC(=S)NC(C)c2ccc(C)cc2)c1. The highest BCUT2D eigenvalue weighted by atomic mass is 35.5. The Morgan fingerprint density at radius 1 is 1.21 bits per heavy atom. The molecule has 0 bridgehead atoms. The van der Waals surface area contributed by atoms with Gasteiger partial charge in [0, 0.05) is 0 Å². The van der Waals surface area contributed by atoms with Crippen molar-refractivity contribution in [1.29, 1.82) is 0 Å². The molecule has 1 atom stereocenters. The Bertz CT molecular complexity index is 747. The molecule has 0 aliphatic rings. The molecule has 6 heteroatoms. The second-order valence-corrected chi connectivity index (χ2v) is 6.23. The molecule has 0 fully saturated rings. The maximum atomic E-state index is 11.6. The molecular formula is C18H19ClN2O2S. The minimum atomic E-state index is -0.429. The Kier molecular flexibility index (Phi) is 6.17. The van der Waals surface area contributed by atoms with Crippen LogP contribution >= 0.6 is 23.8 Å². The van der Waals surface area contributed by atoms with Crippen molar-refractivity contribution in [3.63, 3.8) is 0 Å². The van der Waals surface area contributed by atoms with Gasteiger partial charge in [-0.1, -0.05) is 41.4 Å². The number of aryl methyl sites for hydroxylation is 1. The Hall–Kier alpha value is -2.11. The van der Waals surface area contributed by atoms with Crippen LogP contribution in [0.3, 0.4) is 0 Å². The zero-order valence-electron chi connectivity index (χ0n) is 13.7. The van der Waals surface area contributed by atoms with Crippen molar-refractivity contribution in [2.24, 2.45) is 0 Å².